The summed E-state index contributed by atoms with van der Waals surface area (Å²) in [4.78, 5) is 22.8. The van der Waals surface area contributed by atoms with Crippen LogP contribution in [0.4, 0.5) is 0 Å². The van der Waals surface area contributed by atoms with Crippen molar-refractivity contribution in [3.63, 3.8) is 0 Å². The van der Waals surface area contributed by atoms with Crippen molar-refractivity contribution in [2.24, 2.45) is 0 Å². The molecule has 0 spiro atoms. The maximum atomic E-state index is 12.0. The molecule has 0 bridgehead atoms. The van der Waals surface area contributed by atoms with Crippen molar-refractivity contribution in [3.05, 3.63) is 48.0 Å². The molecule has 1 unspecified atom stereocenters. The molecule has 2 aromatic carbocycles. The van der Waals surface area contributed by atoms with Crippen LogP contribution in [0.1, 0.15) is 10.4 Å². The monoisotopic (exact) mass is 275 g/mol. The van der Waals surface area contributed by atoms with Crippen molar-refractivity contribution in [1.29, 1.82) is 0 Å². The van der Waals surface area contributed by atoms with Crippen LogP contribution >= 0.6 is 12.6 Å². The highest BCUT2D eigenvalue weighted by Crippen LogP contribution is 2.15. The van der Waals surface area contributed by atoms with E-state index >= 15 is 0 Å². The summed E-state index contributed by atoms with van der Waals surface area (Å²) in [5, 5.41) is 13.3. The molecule has 0 heterocycles. The van der Waals surface area contributed by atoms with Gasteiger partial charge >= 0.3 is 5.97 Å². The van der Waals surface area contributed by atoms with E-state index in [4.69, 9.17) is 5.11 Å². The molecule has 0 radical (unpaired) electrons. The van der Waals surface area contributed by atoms with Crippen LogP contribution in [-0.4, -0.2) is 28.8 Å². The second kappa shape index (κ2) is 5.75. The first-order chi connectivity index (χ1) is 9.11. The standard InChI is InChI=1S/C14H13NO3S/c16-13(15-12(8-19)14(17)18)11-6-5-9-3-1-2-4-10(9)7-11/h1-7,12,19H,8H2,(H,15,16)(H,17,18). The molecule has 1 amide bonds. The summed E-state index contributed by atoms with van der Waals surface area (Å²) in [5.74, 6) is -1.45. The lowest BCUT2D eigenvalue weighted by atomic mass is 10.1. The zero-order chi connectivity index (χ0) is 13.8. The lowest BCUT2D eigenvalue weighted by molar-refractivity contribution is -0.138. The minimum absolute atomic E-state index is 0.0503. The van der Waals surface area contributed by atoms with Crippen LogP contribution in [0.15, 0.2) is 42.5 Å². The van der Waals surface area contributed by atoms with E-state index < -0.39 is 17.9 Å². The van der Waals surface area contributed by atoms with Gasteiger partial charge in [-0.25, -0.2) is 4.79 Å². The van der Waals surface area contributed by atoms with Gasteiger partial charge in [-0.05, 0) is 22.9 Å². The van der Waals surface area contributed by atoms with E-state index in [2.05, 4.69) is 17.9 Å². The molecule has 0 saturated heterocycles. The van der Waals surface area contributed by atoms with Crippen molar-refractivity contribution in [3.8, 4) is 0 Å². The molecule has 5 heteroatoms. The second-order valence-electron chi connectivity index (χ2n) is 4.11. The topological polar surface area (TPSA) is 66.4 Å². The number of carboxylic acids is 1. The minimum Gasteiger partial charge on any atom is -0.480 e. The Morgan fingerprint density at radius 3 is 2.47 bits per heavy atom. The molecule has 2 N–H and O–H groups in total. The van der Waals surface area contributed by atoms with Gasteiger partial charge in [0, 0.05) is 11.3 Å². The van der Waals surface area contributed by atoms with E-state index in [0.29, 0.717) is 5.56 Å². The number of carbonyl (C=O) groups is 2. The molecule has 1 atom stereocenters. The highest BCUT2D eigenvalue weighted by Gasteiger charge is 2.18. The number of benzene rings is 2. The van der Waals surface area contributed by atoms with Crippen LogP contribution in [0.2, 0.25) is 0 Å². The Balaban J connectivity index is 2.24. The van der Waals surface area contributed by atoms with E-state index in [-0.39, 0.29) is 5.75 Å². The summed E-state index contributed by atoms with van der Waals surface area (Å²) in [6, 6.07) is 11.9. The largest absolute Gasteiger partial charge is 0.480 e. The number of carbonyl (C=O) groups excluding carboxylic acids is 1. The maximum Gasteiger partial charge on any atom is 0.327 e. The number of amides is 1. The fraction of sp³-hybridized carbons (Fsp3) is 0.143. The number of rotatable bonds is 4. The SMILES string of the molecule is O=C(NC(CS)C(=O)O)c1ccc2ccccc2c1. The third-order valence-corrected chi connectivity index (χ3v) is 3.16. The van der Waals surface area contributed by atoms with Crippen molar-refractivity contribution >= 4 is 35.3 Å². The number of nitrogens with one attached hydrogen (secondary N) is 1. The number of fused-ring (bicyclic) bond motifs is 1. The van der Waals surface area contributed by atoms with E-state index in [1.807, 2.05) is 30.3 Å². The minimum atomic E-state index is -1.09. The molecule has 0 aromatic heterocycles. The molecule has 2 aromatic rings. The Kier molecular flexibility index (Phi) is 4.06. The maximum absolute atomic E-state index is 12.0. The smallest absolute Gasteiger partial charge is 0.327 e. The summed E-state index contributed by atoms with van der Waals surface area (Å²) in [6.07, 6.45) is 0. The fourth-order valence-corrected chi connectivity index (χ4v) is 2.01. The van der Waals surface area contributed by atoms with Crippen LogP contribution in [0.5, 0.6) is 0 Å². The van der Waals surface area contributed by atoms with Crippen LogP contribution < -0.4 is 5.32 Å². The lowest BCUT2D eigenvalue weighted by Gasteiger charge is -2.12. The molecular weight excluding hydrogens is 262 g/mol. The lowest BCUT2D eigenvalue weighted by Crippen LogP contribution is -2.42. The van der Waals surface area contributed by atoms with Gasteiger partial charge in [0.1, 0.15) is 6.04 Å². The van der Waals surface area contributed by atoms with Gasteiger partial charge in [0.15, 0.2) is 0 Å². The molecule has 0 aliphatic rings. The van der Waals surface area contributed by atoms with Crippen molar-refractivity contribution < 1.29 is 14.7 Å². The zero-order valence-electron chi connectivity index (χ0n) is 10.0. The Bertz CT molecular complexity index is 627. The number of carboxylic acid groups (broad SMARTS) is 1. The van der Waals surface area contributed by atoms with E-state index in [0.717, 1.165) is 10.8 Å². The first-order valence-corrected chi connectivity index (χ1v) is 6.38. The van der Waals surface area contributed by atoms with Gasteiger partial charge in [0.05, 0.1) is 0 Å². The summed E-state index contributed by atoms with van der Waals surface area (Å²) in [7, 11) is 0. The summed E-state index contributed by atoms with van der Waals surface area (Å²) in [5.41, 5.74) is 0.437. The van der Waals surface area contributed by atoms with E-state index in [1.54, 1.807) is 12.1 Å². The van der Waals surface area contributed by atoms with Crippen molar-refractivity contribution in [2.75, 3.05) is 5.75 Å². The number of hydrogen-bond donors (Lipinski definition) is 3. The quantitative estimate of drug-likeness (QED) is 0.747. The number of aliphatic carboxylic acids is 1. The molecule has 0 saturated carbocycles. The van der Waals surface area contributed by atoms with Gasteiger partial charge in [-0.15, -0.1) is 0 Å². The molecule has 4 nitrogen and oxygen atoms in total. The van der Waals surface area contributed by atoms with E-state index in [9.17, 15) is 9.59 Å². The number of thiol groups is 1. The Morgan fingerprint density at radius 1 is 1.16 bits per heavy atom. The van der Waals surface area contributed by atoms with Gasteiger partial charge in [-0.3, -0.25) is 4.79 Å². The third-order valence-electron chi connectivity index (χ3n) is 2.80. The second-order valence-corrected chi connectivity index (χ2v) is 4.47. The summed E-state index contributed by atoms with van der Waals surface area (Å²) < 4.78 is 0. The molecule has 19 heavy (non-hydrogen) atoms. The van der Waals surface area contributed by atoms with Crippen molar-refractivity contribution in [1.82, 2.24) is 5.32 Å². The van der Waals surface area contributed by atoms with Gasteiger partial charge in [-0.2, -0.15) is 12.6 Å². The van der Waals surface area contributed by atoms with Gasteiger partial charge in [0.25, 0.3) is 5.91 Å². The Morgan fingerprint density at radius 2 is 1.84 bits per heavy atom. The van der Waals surface area contributed by atoms with Gasteiger partial charge in [0.2, 0.25) is 0 Å². The number of hydrogen-bond acceptors (Lipinski definition) is 3. The molecule has 98 valence electrons. The highest BCUT2D eigenvalue weighted by atomic mass is 32.1. The fourth-order valence-electron chi connectivity index (χ4n) is 1.76. The summed E-state index contributed by atoms with van der Waals surface area (Å²) in [6.45, 7) is 0. The predicted octanol–water partition coefficient (Wildman–Crippen LogP) is 1.95. The average Bonchev–Trinajstić information content (AvgIpc) is 2.43. The molecule has 0 fully saturated rings. The van der Waals surface area contributed by atoms with Crippen molar-refractivity contribution in [2.45, 2.75) is 6.04 Å². The summed E-state index contributed by atoms with van der Waals surface area (Å²) >= 11 is 3.91. The van der Waals surface area contributed by atoms with E-state index in [1.165, 1.54) is 0 Å². The first kappa shape index (κ1) is 13.4. The van der Waals surface area contributed by atoms with Crippen LogP contribution in [0.3, 0.4) is 0 Å². The molecular formula is C14H13NO3S. The average molecular weight is 275 g/mol. The highest BCUT2D eigenvalue weighted by molar-refractivity contribution is 7.80. The molecule has 0 aliphatic heterocycles. The van der Waals surface area contributed by atoms with Gasteiger partial charge in [-0.1, -0.05) is 30.3 Å². The molecule has 2 rings (SSSR count). The van der Waals surface area contributed by atoms with Crippen LogP contribution in [0, 0.1) is 0 Å². The normalized spacial score (nSPS) is 12.1. The van der Waals surface area contributed by atoms with Crippen LogP contribution in [-0.2, 0) is 4.79 Å². The van der Waals surface area contributed by atoms with Gasteiger partial charge < -0.3 is 10.4 Å². The Hall–Kier alpha value is -2.01. The molecule has 0 aliphatic carbocycles. The third kappa shape index (κ3) is 3.06. The first-order valence-electron chi connectivity index (χ1n) is 5.75. The predicted molar refractivity (Wildman–Crippen MR) is 76.7 cm³/mol. The Labute approximate surface area is 115 Å². The zero-order valence-corrected chi connectivity index (χ0v) is 10.9. The van der Waals surface area contributed by atoms with Crippen LogP contribution in [0.25, 0.3) is 10.8 Å².